The summed E-state index contributed by atoms with van der Waals surface area (Å²) in [5.74, 6) is 1.56. The Morgan fingerprint density at radius 1 is 1.02 bits per heavy atom. The van der Waals surface area contributed by atoms with E-state index in [1.54, 1.807) is 0 Å². The summed E-state index contributed by atoms with van der Waals surface area (Å²) in [7, 11) is 0. The number of Topliss-reactive ketones (excluding diaryl/α,β-unsaturated/α-hetero) is 1. The summed E-state index contributed by atoms with van der Waals surface area (Å²) in [6, 6.07) is 0. The van der Waals surface area contributed by atoms with Crippen LogP contribution in [-0.2, 0) is 19.0 Å². The molecule has 3 saturated carbocycles. The van der Waals surface area contributed by atoms with Crippen LogP contribution in [0, 0.1) is 45.3 Å². The van der Waals surface area contributed by atoms with Crippen LogP contribution in [0.5, 0.6) is 0 Å². The summed E-state index contributed by atoms with van der Waals surface area (Å²) < 4.78 is 18.9. The summed E-state index contributed by atoms with van der Waals surface area (Å²) in [5.41, 5.74) is 1.44. The molecule has 2 aliphatic heterocycles. The Morgan fingerprint density at radius 2 is 1.73 bits per heavy atom. The Bertz CT molecular complexity index is 1200. The van der Waals surface area contributed by atoms with Crippen molar-refractivity contribution in [3.8, 4) is 0 Å². The van der Waals surface area contributed by atoms with E-state index in [-0.39, 0.29) is 41.0 Å². The monoisotopic (exact) mass is 616 g/mol. The van der Waals surface area contributed by atoms with Crippen LogP contribution in [0.2, 0.25) is 0 Å². The summed E-state index contributed by atoms with van der Waals surface area (Å²) in [6.45, 7) is 17.5. The van der Waals surface area contributed by atoms with Crippen LogP contribution in [0.1, 0.15) is 93.9 Å². The summed E-state index contributed by atoms with van der Waals surface area (Å²) in [6.07, 6.45) is 2.98. The lowest BCUT2D eigenvalue weighted by Gasteiger charge is -2.65. The Morgan fingerprint density at radius 3 is 2.39 bits per heavy atom. The van der Waals surface area contributed by atoms with Crippen molar-refractivity contribution < 1.29 is 39.4 Å². The molecule has 0 aromatic rings. The van der Waals surface area contributed by atoms with Crippen molar-refractivity contribution in [3.05, 3.63) is 23.3 Å². The molecular weight excluding hydrogens is 560 g/mol. The molecule has 0 aromatic heterocycles. The molecular formula is C36H56O8. The van der Waals surface area contributed by atoms with Crippen LogP contribution < -0.4 is 0 Å². The van der Waals surface area contributed by atoms with E-state index in [0.717, 1.165) is 25.7 Å². The fourth-order valence-electron chi connectivity index (χ4n) is 11.5. The minimum absolute atomic E-state index is 0.0328. The fraction of sp³-hybridized carbons (Fsp3) is 0.861. The minimum atomic E-state index is -1.48. The van der Waals surface area contributed by atoms with E-state index in [4.69, 9.17) is 14.2 Å². The predicted octanol–water partition coefficient (Wildman–Crippen LogP) is 4.33. The average molecular weight is 617 g/mol. The number of hydrogen-bond donors (Lipinski definition) is 4. The van der Waals surface area contributed by atoms with E-state index in [2.05, 4.69) is 67.5 Å². The highest BCUT2D eigenvalue weighted by molar-refractivity contribution is 5.88. The molecule has 15 atom stereocenters. The lowest BCUT2D eigenvalue weighted by atomic mass is 9.38. The lowest BCUT2D eigenvalue weighted by Crippen LogP contribution is -2.64. The van der Waals surface area contributed by atoms with Gasteiger partial charge >= 0.3 is 0 Å². The Kier molecular flexibility index (Phi) is 8.17. The number of hydrogen-bond acceptors (Lipinski definition) is 8. The van der Waals surface area contributed by atoms with Crippen molar-refractivity contribution in [1.29, 1.82) is 0 Å². The maximum Gasteiger partial charge on any atom is 0.187 e. The molecule has 0 radical (unpaired) electrons. The van der Waals surface area contributed by atoms with Crippen LogP contribution in [-0.4, -0.2) is 81.8 Å². The van der Waals surface area contributed by atoms with Gasteiger partial charge in [-0.1, -0.05) is 64.8 Å². The van der Waals surface area contributed by atoms with Crippen LogP contribution in [0.3, 0.4) is 0 Å². The lowest BCUT2D eigenvalue weighted by molar-refractivity contribution is -0.319. The summed E-state index contributed by atoms with van der Waals surface area (Å²) in [5, 5.41) is 40.9. The maximum atomic E-state index is 14.6. The number of rotatable bonds is 4. The highest BCUT2D eigenvalue weighted by atomic mass is 16.7. The number of aliphatic hydroxyl groups is 4. The quantitative estimate of drug-likeness (QED) is 0.344. The molecule has 0 unspecified atom stereocenters. The third kappa shape index (κ3) is 4.52. The van der Waals surface area contributed by atoms with Gasteiger partial charge in [-0.05, 0) is 80.5 Å². The third-order valence-corrected chi connectivity index (χ3v) is 13.9. The molecule has 0 amide bonds. The van der Waals surface area contributed by atoms with Gasteiger partial charge in [-0.3, -0.25) is 4.79 Å². The minimum Gasteiger partial charge on any atom is -0.394 e. The molecule has 0 spiro atoms. The van der Waals surface area contributed by atoms with E-state index >= 15 is 0 Å². The van der Waals surface area contributed by atoms with Crippen LogP contribution in [0.15, 0.2) is 23.3 Å². The number of aliphatic hydroxyl groups excluding tert-OH is 4. The van der Waals surface area contributed by atoms with Crippen LogP contribution >= 0.6 is 0 Å². The number of carbonyl (C=O) groups is 1. The van der Waals surface area contributed by atoms with E-state index in [1.807, 2.05) is 0 Å². The second kappa shape index (κ2) is 11.0. The Labute approximate surface area is 263 Å². The van der Waals surface area contributed by atoms with E-state index in [9.17, 15) is 25.2 Å². The van der Waals surface area contributed by atoms with Crippen molar-refractivity contribution >= 4 is 5.78 Å². The molecule has 44 heavy (non-hydrogen) atoms. The second-order valence-electron chi connectivity index (χ2n) is 16.7. The number of carbonyl (C=O) groups excluding carboxylic acids is 1. The van der Waals surface area contributed by atoms with Crippen molar-refractivity contribution in [2.45, 2.75) is 143 Å². The van der Waals surface area contributed by atoms with Gasteiger partial charge in [0.1, 0.15) is 30.2 Å². The van der Waals surface area contributed by atoms with E-state index < -0.39 is 48.1 Å². The molecule has 6 aliphatic rings. The third-order valence-electron chi connectivity index (χ3n) is 13.9. The molecule has 5 fully saturated rings. The van der Waals surface area contributed by atoms with Crippen molar-refractivity contribution in [1.82, 2.24) is 0 Å². The van der Waals surface area contributed by atoms with Gasteiger partial charge in [0.15, 0.2) is 6.29 Å². The molecule has 4 N–H and O–H groups in total. The molecule has 4 aliphatic carbocycles. The number of ether oxygens (including phenoxy) is 3. The van der Waals surface area contributed by atoms with Crippen molar-refractivity contribution in [2.24, 2.45) is 45.3 Å². The first-order valence-electron chi connectivity index (χ1n) is 17.0. The second-order valence-corrected chi connectivity index (χ2v) is 16.7. The first-order chi connectivity index (χ1) is 20.5. The molecule has 0 aromatic carbocycles. The van der Waals surface area contributed by atoms with Crippen LogP contribution in [0.4, 0.5) is 0 Å². The molecule has 6 rings (SSSR count). The van der Waals surface area contributed by atoms with Gasteiger partial charge in [0.2, 0.25) is 0 Å². The zero-order chi connectivity index (χ0) is 32.1. The van der Waals surface area contributed by atoms with Gasteiger partial charge in [-0.2, -0.15) is 0 Å². The molecule has 8 heteroatoms. The van der Waals surface area contributed by atoms with Crippen molar-refractivity contribution in [2.75, 3.05) is 6.61 Å². The largest absolute Gasteiger partial charge is 0.394 e. The van der Waals surface area contributed by atoms with Gasteiger partial charge in [0, 0.05) is 17.3 Å². The van der Waals surface area contributed by atoms with Crippen molar-refractivity contribution in [3.63, 3.8) is 0 Å². The zero-order valence-electron chi connectivity index (χ0n) is 28.0. The average Bonchev–Trinajstić information content (AvgIpc) is 3.16. The normalized spacial score (nSPS) is 53.1. The smallest absolute Gasteiger partial charge is 0.187 e. The van der Waals surface area contributed by atoms with Gasteiger partial charge in [0.25, 0.3) is 0 Å². The molecule has 2 heterocycles. The molecule has 0 bridgehead atoms. The summed E-state index contributed by atoms with van der Waals surface area (Å²) in [4.78, 5) is 14.6. The molecule has 2 saturated heterocycles. The predicted molar refractivity (Wildman–Crippen MR) is 165 cm³/mol. The van der Waals surface area contributed by atoms with Gasteiger partial charge in [-0.15, -0.1) is 0 Å². The molecule has 8 nitrogen and oxygen atoms in total. The maximum absolute atomic E-state index is 14.6. The standard InChI is InChI=1S/C36H56O8/c1-18(2)13-20-14-19(3)28-23(42-20)15-34(6)25-11-9-21-22(36(25,8)26(38)16-35(28,34)7)10-12-27(33(21,4)5)44-32-31(41)30(40)29(39)24(17-37)43-32/h9,13,19-20,22-25,27-32,37,39-41H,10-12,14-17H2,1-8H3/t19-,20+,22-,23-,24-,25+,27+,28+,29-,30+,31-,32+,34+,35-,36+/m1/s1. The van der Waals surface area contributed by atoms with Gasteiger partial charge in [0.05, 0.1) is 24.9 Å². The SMILES string of the molecule is CC(C)=C[C@H]1C[C@@H](C)[C@H]2[C@@H](C[C@@]3(C)[C@@H]4CC=C5[C@@H](CC[C@H](O[C@@H]6O[C@H](CO)[C@@H](O)[C@H](O)[C@H]6O)C5(C)C)[C@]4(C)C(=O)C[C@]23C)O1. The molecule has 248 valence electrons. The van der Waals surface area contributed by atoms with E-state index in [1.165, 1.54) is 11.1 Å². The van der Waals surface area contributed by atoms with Crippen LogP contribution in [0.25, 0.3) is 0 Å². The first-order valence-corrected chi connectivity index (χ1v) is 17.0. The number of allylic oxidation sites excluding steroid dienone is 2. The first kappa shape index (κ1) is 32.8. The number of fused-ring (bicyclic) bond motifs is 7. The zero-order valence-corrected chi connectivity index (χ0v) is 28.0. The fourth-order valence-corrected chi connectivity index (χ4v) is 11.5. The highest BCUT2D eigenvalue weighted by Crippen LogP contribution is 2.75. The number of ketones is 1. The topological polar surface area (TPSA) is 126 Å². The Balaban J connectivity index is 1.29. The van der Waals surface area contributed by atoms with Gasteiger partial charge in [-0.25, -0.2) is 0 Å². The highest BCUT2D eigenvalue weighted by Gasteiger charge is 2.73. The Hall–Kier alpha value is -1.13. The van der Waals surface area contributed by atoms with Gasteiger partial charge < -0.3 is 34.6 Å². The van der Waals surface area contributed by atoms with E-state index in [0.29, 0.717) is 30.5 Å². The summed E-state index contributed by atoms with van der Waals surface area (Å²) >= 11 is 0.